The van der Waals surface area contributed by atoms with Crippen LogP contribution < -0.4 is 10.6 Å². The van der Waals surface area contributed by atoms with Crippen LogP contribution in [0.25, 0.3) is 6.08 Å². The van der Waals surface area contributed by atoms with Crippen molar-refractivity contribution in [2.24, 2.45) is 5.41 Å². The van der Waals surface area contributed by atoms with Crippen LogP contribution in [-0.2, 0) is 51.9 Å². The van der Waals surface area contributed by atoms with E-state index in [1.165, 1.54) is 17.0 Å². The summed E-state index contributed by atoms with van der Waals surface area (Å²) in [6.07, 6.45) is 7.41. The molecule has 3 aromatic rings. The summed E-state index contributed by atoms with van der Waals surface area (Å²) < 4.78 is 47.1. The largest absolute Gasteiger partial charge is 0.399 e. The number of carbonyl (C=O) groups excluding carboxylic acids is 6. The van der Waals surface area contributed by atoms with E-state index in [-0.39, 0.29) is 73.5 Å². The summed E-state index contributed by atoms with van der Waals surface area (Å²) in [4.78, 5) is 104. The third kappa shape index (κ3) is 11.4. The van der Waals surface area contributed by atoms with Crippen molar-refractivity contribution in [3.8, 4) is 11.8 Å². The number of halogens is 2. The fourth-order valence-electron chi connectivity index (χ4n) is 10.4. The Hall–Kier alpha value is -6.05. The molecule has 18 heteroatoms. The van der Waals surface area contributed by atoms with E-state index in [9.17, 15) is 51.9 Å². The molecule has 1 aliphatic carbocycles. The molecular weight excluding hydrogens is 948 g/mol. The standard InChI is InChI=1S/C54H62F2N5O10P/c1-53(2,3)47(58-48(63)39-27-36-21-22-40(29-38(36)28-39)54(55,56)72(68,69)70)52(67)60-32-41(30-45(60)51(66)59-25-14-19-37(31-59)34-15-10-8-11-16-34)71-26-12-7-5-4-6-9-17-35-18-13-20-42-43(35)33-61(50(42)65)44-23-24-46(62)57-49(44)64/h8,10-11,13,15-16,18,20-22,28-29,37,41,44-45,47H,4-7,12,14,19,23-27,30-33H2,1-3H3,(H,58,63)(H,57,62,64)(H2,68,69,70)/t37?,41-,44?,45-,47?/m0/s1. The lowest BCUT2D eigenvalue weighted by Gasteiger charge is -2.38. The number of fused-ring (bicyclic) bond motifs is 2. The maximum atomic E-state index is 14.9. The fraction of sp³-hybridized carbons (Fsp3) is 0.481. The Morgan fingerprint density at radius 3 is 2.46 bits per heavy atom. The van der Waals surface area contributed by atoms with Crippen molar-refractivity contribution < 1.29 is 56.6 Å². The van der Waals surface area contributed by atoms with Crippen molar-refractivity contribution in [3.63, 3.8) is 0 Å². The van der Waals surface area contributed by atoms with E-state index in [0.29, 0.717) is 37.2 Å². The zero-order chi connectivity index (χ0) is 51.5. The molecule has 0 aromatic heterocycles. The minimum atomic E-state index is -5.82. The van der Waals surface area contributed by atoms with Crippen LogP contribution in [-0.4, -0.2) is 110 Å². The van der Waals surface area contributed by atoms with Crippen molar-refractivity contribution in [1.82, 2.24) is 25.3 Å². The molecule has 0 spiro atoms. The minimum absolute atomic E-state index is 0.0484. The Balaban J connectivity index is 0.884. The third-order valence-corrected chi connectivity index (χ3v) is 15.4. The van der Waals surface area contributed by atoms with E-state index < -0.39 is 66.2 Å². The number of hydrogen-bond donors (Lipinski definition) is 4. The predicted molar refractivity (Wildman–Crippen MR) is 263 cm³/mol. The zero-order valence-corrected chi connectivity index (χ0v) is 41.7. The van der Waals surface area contributed by atoms with Gasteiger partial charge >= 0.3 is 13.3 Å². The molecule has 5 atom stereocenters. The highest BCUT2D eigenvalue weighted by Crippen LogP contribution is 2.59. The number of carbonyl (C=O) groups is 6. The first kappa shape index (κ1) is 52.3. The van der Waals surface area contributed by atoms with E-state index in [2.05, 4.69) is 34.6 Å². The number of amides is 6. The van der Waals surface area contributed by atoms with Gasteiger partial charge in [-0.3, -0.25) is 38.6 Å². The molecule has 4 N–H and O–H groups in total. The van der Waals surface area contributed by atoms with Crippen molar-refractivity contribution in [2.75, 3.05) is 26.2 Å². The van der Waals surface area contributed by atoms with Crippen LogP contribution in [0.4, 0.5) is 8.78 Å². The van der Waals surface area contributed by atoms with E-state index in [4.69, 9.17) is 4.74 Å². The number of benzene rings is 3. The SMILES string of the molecule is CC(C)(C)C(NC(=O)C1=Cc2cc(C(F)(F)P(=O)(O)O)ccc2C1)C(=O)N1C[C@@H](OCCCCCCC#Cc2cccc3c2CN(C2CCC(=O)NC2=O)C3=O)C[C@H]1C(=O)N1CCCC(c2ccccc2)C1. The number of nitrogens with one attached hydrogen (secondary N) is 2. The summed E-state index contributed by atoms with van der Waals surface area (Å²) in [6.45, 7) is 7.26. The Bertz CT molecular complexity index is 2760. The Morgan fingerprint density at radius 2 is 1.72 bits per heavy atom. The lowest BCUT2D eigenvalue weighted by Crippen LogP contribution is -2.58. The van der Waals surface area contributed by atoms with Gasteiger partial charge < -0.3 is 34.5 Å². The number of ether oxygens (including phenoxy) is 1. The van der Waals surface area contributed by atoms with Crippen LogP contribution in [0.1, 0.15) is 135 Å². The lowest BCUT2D eigenvalue weighted by molar-refractivity contribution is -0.147. The smallest absolute Gasteiger partial charge is 0.376 e. The average Bonchev–Trinajstić information content (AvgIpc) is 4.07. The van der Waals surface area contributed by atoms with Crippen molar-refractivity contribution in [3.05, 3.63) is 111 Å². The normalized spacial score (nSPS) is 21.6. The molecule has 0 bridgehead atoms. The highest BCUT2D eigenvalue weighted by Gasteiger charge is 2.51. The summed E-state index contributed by atoms with van der Waals surface area (Å²) in [5, 5.41) is 5.23. The monoisotopic (exact) mass is 1010 g/mol. The van der Waals surface area contributed by atoms with Gasteiger partial charge in [0.25, 0.3) is 5.91 Å². The zero-order valence-electron chi connectivity index (χ0n) is 40.8. The van der Waals surface area contributed by atoms with Crippen LogP contribution in [0.15, 0.2) is 72.3 Å². The summed E-state index contributed by atoms with van der Waals surface area (Å²) >= 11 is 0. The van der Waals surface area contributed by atoms with E-state index in [1.54, 1.807) is 37.8 Å². The van der Waals surface area contributed by atoms with Crippen LogP contribution >= 0.6 is 7.60 Å². The number of rotatable bonds is 15. The highest BCUT2D eigenvalue weighted by atomic mass is 31.2. The number of alkyl halides is 2. The molecule has 3 unspecified atom stereocenters. The van der Waals surface area contributed by atoms with Crippen LogP contribution in [0.2, 0.25) is 0 Å². The number of unbranched alkanes of at least 4 members (excludes halogenated alkanes) is 4. The Morgan fingerprint density at radius 1 is 0.958 bits per heavy atom. The van der Waals surface area contributed by atoms with E-state index in [1.807, 2.05) is 29.2 Å². The predicted octanol–water partition coefficient (Wildman–Crippen LogP) is 6.54. The van der Waals surface area contributed by atoms with Gasteiger partial charge in [0.2, 0.25) is 29.5 Å². The van der Waals surface area contributed by atoms with Crippen LogP contribution in [0, 0.1) is 17.3 Å². The molecule has 15 nitrogen and oxygen atoms in total. The van der Waals surface area contributed by atoms with Gasteiger partial charge in [-0.25, -0.2) is 0 Å². The first-order valence-corrected chi connectivity index (χ1v) is 26.4. The molecule has 6 amide bonds. The maximum absolute atomic E-state index is 14.9. The molecule has 3 saturated heterocycles. The van der Waals surface area contributed by atoms with Gasteiger partial charge in [0, 0.05) is 86.7 Å². The van der Waals surface area contributed by atoms with E-state index >= 15 is 0 Å². The van der Waals surface area contributed by atoms with Gasteiger partial charge in [-0.05, 0) is 84.0 Å². The lowest BCUT2D eigenvalue weighted by atomic mass is 9.85. The quantitative estimate of drug-likeness (QED) is 0.0561. The molecule has 0 radical (unpaired) electrons. The fourth-order valence-corrected chi connectivity index (χ4v) is 10.9. The number of hydrogen-bond acceptors (Lipinski definition) is 8. The van der Waals surface area contributed by atoms with Crippen LogP contribution in [0.5, 0.6) is 0 Å². The summed E-state index contributed by atoms with van der Waals surface area (Å²) in [7, 11) is -5.82. The summed E-state index contributed by atoms with van der Waals surface area (Å²) in [6, 6.07) is 16.0. The first-order valence-electron chi connectivity index (χ1n) is 24.8. The van der Waals surface area contributed by atoms with Gasteiger partial charge in [0.15, 0.2) is 0 Å². The first-order chi connectivity index (χ1) is 34.2. The number of nitrogens with zero attached hydrogens (tertiary/aromatic N) is 3. The number of likely N-dealkylation sites (tertiary alicyclic amines) is 2. The molecule has 3 fully saturated rings. The molecular formula is C54H62F2N5O10P. The van der Waals surface area contributed by atoms with E-state index in [0.717, 1.165) is 67.3 Å². The average molecular weight is 1010 g/mol. The second-order valence-electron chi connectivity index (χ2n) is 20.6. The number of piperidine rings is 2. The molecule has 3 aromatic carbocycles. The minimum Gasteiger partial charge on any atom is -0.376 e. The third-order valence-electron chi connectivity index (χ3n) is 14.4. The molecule has 5 aliphatic rings. The molecule has 72 heavy (non-hydrogen) atoms. The molecule has 4 heterocycles. The topological polar surface area (TPSA) is 203 Å². The maximum Gasteiger partial charge on any atom is 0.399 e. The van der Waals surface area contributed by atoms with Gasteiger partial charge in [0.1, 0.15) is 18.1 Å². The van der Waals surface area contributed by atoms with Gasteiger partial charge in [-0.15, -0.1) is 0 Å². The number of imide groups is 1. The summed E-state index contributed by atoms with van der Waals surface area (Å²) in [5.74, 6) is 4.33. The molecule has 0 saturated carbocycles. The second kappa shape index (κ2) is 21.6. The Kier molecular flexibility index (Phi) is 15.7. The highest BCUT2D eigenvalue weighted by molar-refractivity contribution is 7.52. The molecule has 8 rings (SSSR count). The Labute approximate surface area is 418 Å². The molecule has 4 aliphatic heterocycles. The van der Waals surface area contributed by atoms with Crippen LogP contribution in [0.3, 0.4) is 0 Å². The van der Waals surface area contributed by atoms with Gasteiger partial charge in [0.05, 0.1) is 6.10 Å². The van der Waals surface area contributed by atoms with Gasteiger partial charge in [-0.2, -0.15) is 8.78 Å². The van der Waals surface area contributed by atoms with Crippen molar-refractivity contribution in [2.45, 2.75) is 134 Å². The van der Waals surface area contributed by atoms with Crippen molar-refractivity contribution in [1.29, 1.82) is 0 Å². The summed E-state index contributed by atoms with van der Waals surface area (Å²) in [5.41, 5.74) is -2.04. The molecule has 382 valence electrons. The van der Waals surface area contributed by atoms with Gasteiger partial charge in [-0.1, -0.05) is 94.0 Å². The van der Waals surface area contributed by atoms with Crippen molar-refractivity contribution >= 4 is 49.1 Å². The second-order valence-corrected chi connectivity index (χ2v) is 22.2.